The number of rotatable bonds is 7. The summed E-state index contributed by atoms with van der Waals surface area (Å²) in [7, 11) is 2.03. The van der Waals surface area contributed by atoms with Gasteiger partial charge in [-0.05, 0) is 50.2 Å². The highest BCUT2D eigenvalue weighted by molar-refractivity contribution is 7.80. The lowest BCUT2D eigenvalue weighted by Gasteiger charge is -2.22. The van der Waals surface area contributed by atoms with Gasteiger partial charge in [0.15, 0.2) is 0 Å². The number of nitrogens with two attached hydrogens (primary N) is 1. The lowest BCUT2D eigenvalue weighted by atomic mass is 10.1. The number of fused-ring (bicyclic) bond motifs is 1. The summed E-state index contributed by atoms with van der Waals surface area (Å²) >= 11 is 5.17. The van der Waals surface area contributed by atoms with E-state index in [1.165, 1.54) is 17.7 Å². The molecule has 0 aromatic carbocycles. The number of aliphatic hydroxyl groups excluding tert-OH is 1. The van der Waals surface area contributed by atoms with E-state index in [4.69, 9.17) is 28.0 Å². The van der Waals surface area contributed by atoms with Crippen molar-refractivity contribution in [2.45, 2.75) is 38.5 Å². The molecule has 1 aliphatic rings. The Morgan fingerprint density at radius 2 is 2.20 bits per heavy atom. The molecule has 0 fully saturated rings. The highest BCUT2D eigenvalue weighted by Gasteiger charge is 2.19. The first-order chi connectivity index (χ1) is 9.63. The maximum atomic E-state index is 8.81. The van der Waals surface area contributed by atoms with Gasteiger partial charge < -0.3 is 15.7 Å². The minimum absolute atomic E-state index is 0.263. The molecule has 0 amide bonds. The highest BCUT2D eigenvalue weighted by atomic mass is 32.1. The van der Waals surface area contributed by atoms with Gasteiger partial charge >= 0.3 is 0 Å². The quantitative estimate of drug-likeness (QED) is 0.593. The minimum Gasteiger partial charge on any atom is -0.396 e. The molecule has 5 heteroatoms. The van der Waals surface area contributed by atoms with Crippen LogP contribution in [0.1, 0.15) is 42.5 Å². The lowest BCUT2D eigenvalue weighted by molar-refractivity contribution is 0.283. The predicted octanol–water partition coefficient (Wildman–Crippen LogP) is 1.80. The lowest BCUT2D eigenvalue weighted by Crippen LogP contribution is -2.25. The van der Waals surface area contributed by atoms with Crippen LogP contribution in [-0.4, -0.2) is 35.3 Å². The van der Waals surface area contributed by atoms with Gasteiger partial charge in [-0.15, -0.1) is 0 Å². The van der Waals surface area contributed by atoms with Crippen molar-refractivity contribution in [1.29, 1.82) is 0 Å². The number of nitrogens with zero attached hydrogens (tertiary/aromatic N) is 2. The van der Waals surface area contributed by atoms with E-state index in [0.717, 1.165) is 50.0 Å². The first-order valence-electron chi connectivity index (χ1n) is 7.28. The molecule has 0 atom stereocenters. The van der Waals surface area contributed by atoms with E-state index in [-0.39, 0.29) is 6.61 Å². The van der Waals surface area contributed by atoms with Crippen LogP contribution in [0.15, 0.2) is 6.07 Å². The number of anilines is 1. The van der Waals surface area contributed by atoms with Gasteiger partial charge in [0.2, 0.25) is 0 Å². The van der Waals surface area contributed by atoms with Gasteiger partial charge in [-0.1, -0.05) is 12.2 Å². The molecule has 1 aliphatic carbocycles. The maximum absolute atomic E-state index is 8.81. The van der Waals surface area contributed by atoms with Gasteiger partial charge in [-0.2, -0.15) is 0 Å². The van der Waals surface area contributed by atoms with E-state index in [2.05, 4.69) is 11.0 Å². The Labute approximate surface area is 126 Å². The normalized spacial score (nSPS) is 13.3. The highest BCUT2D eigenvalue weighted by Crippen LogP contribution is 2.27. The molecule has 2 rings (SSSR count). The number of aryl methyl sites for hydroxylation is 2. The van der Waals surface area contributed by atoms with Crippen molar-refractivity contribution in [1.82, 2.24) is 4.98 Å². The smallest absolute Gasteiger partial charge is 0.138 e. The van der Waals surface area contributed by atoms with Crippen LogP contribution in [0.25, 0.3) is 0 Å². The van der Waals surface area contributed by atoms with Crippen LogP contribution < -0.4 is 10.6 Å². The van der Waals surface area contributed by atoms with Gasteiger partial charge in [-0.25, -0.2) is 4.98 Å². The summed E-state index contributed by atoms with van der Waals surface area (Å²) in [5.41, 5.74) is 9.24. The Morgan fingerprint density at radius 1 is 1.40 bits per heavy atom. The van der Waals surface area contributed by atoms with Crippen molar-refractivity contribution in [3.05, 3.63) is 22.9 Å². The zero-order chi connectivity index (χ0) is 14.5. The predicted molar refractivity (Wildman–Crippen MR) is 86.4 cm³/mol. The van der Waals surface area contributed by atoms with Crippen molar-refractivity contribution in [3.63, 3.8) is 0 Å². The molecule has 0 unspecified atom stereocenters. The van der Waals surface area contributed by atoms with E-state index < -0.39 is 0 Å². The fraction of sp³-hybridized carbons (Fsp3) is 0.600. The Bertz CT molecular complexity index is 490. The zero-order valence-electron chi connectivity index (χ0n) is 12.1. The number of pyridine rings is 1. The molecule has 0 spiro atoms. The molecule has 0 saturated heterocycles. The Morgan fingerprint density at radius 3 is 2.90 bits per heavy atom. The number of aromatic nitrogens is 1. The van der Waals surface area contributed by atoms with Crippen LogP contribution in [0.3, 0.4) is 0 Å². The molecule has 20 heavy (non-hydrogen) atoms. The molecule has 0 bridgehead atoms. The van der Waals surface area contributed by atoms with Gasteiger partial charge in [0.05, 0.1) is 5.56 Å². The number of hydrogen-bond donors (Lipinski definition) is 2. The summed E-state index contributed by atoms with van der Waals surface area (Å²) in [5, 5.41) is 8.81. The van der Waals surface area contributed by atoms with E-state index in [1.807, 2.05) is 7.05 Å². The molecule has 1 aromatic heterocycles. The Balaban J connectivity index is 2.14. The van der Waals surface area contributed by atoms with Gasteiger partial charge in [0, 0.05) is 25.9 Å². The van der Waals surface area contributed by atoms with Gasteiger partial charge in [0.1, 0.15) is 10.8 Å². The van der Waals surface area contributed by atoms with E-state index in [9.17, 15) is 0 Å². The van der Waals surface area contributed by atoms with Crippen LogP contribution >= 0.6 is 12.2 Å². The summed E-state index contributed by atoms with van der Waals surface area (Å²) < 4.78 is 0. The van der Waals surface area contributed by atoms with Crippen molar-refractivity contribution in [2.24, 2.45) is 5.73 Å². The Kier molecular flexibility index (Phi) is 5.31. The number of hydrogen-bond acceptors (Lipinski definition) is 4. The molecular weight excluding hydrogens is 270 g/mol. The third-order valence-electron chi connectivity index (χ3n) is 3.81. The molecule has 0 aliphatic heterocycles. The zero-order valence-corrected chi connectivity index (χ0v) is 12.9. The van der Waals surface area contributed by atoms with E-state index in [0.29, 0.717) is 4.99 Å². The molecule has 1 aromatic rings. The van der Waals surface area contributed by atoms with Gasteiger partial charge in [-0.3, -0.25) is 0 Å². The summed E-state index contributed by atoms with van der Waals surface area (Å²) in [5.74, 6) is 0.905. The monoisotopic (exact) mass is 293 g/mol. The molecule has 0 saturated carbocycles. The van der Waals surface area contributed by atoms with Crippen LogP contribution in [0.4, 0.5) is 5.82 Å². The summed E-state index contributed by atoms with van der Waals surface area (Å²) in [6.45, 7) is 1.17. The second-order valence-electron chi connectivity index (χ2n) is 5.39. The molecule has 110 valence electrons. The summed E-state index contributed by atoms with van der Waals surface area (Å²) in [6, 6.07) is 2.12. The second kappa shape index (κ2) is 6.99. The Hall–Kier alpha value is -1.20. The number of aliphatic hydroxyl groups is 1. The molecule has 4 nitrogen and oxygen atoms in total. The third-order valence-corrected chi connectivity index (χ3v) is 4.03. The van der Waals surface area contributed by atoms with E-state index in [1.54, 1.807) is 0 Å². The molecule has 1 heterocycles. The van der Waals surface area contributed by atoms with Crippen LogP contribution in [0.5, 0.6) is 0 Å². The molecule has 3 N–H and O–H groups in total. The largest absolute Gasteiger partial charge is 0.396 e. The van der Waals surface area contributed by atoms with E-state index >= 15 is 0 Å². The summed E-state index contributed by atoms with van der Waals surface area (Å²) in [6.07, 6.45) is 6.22. The fourth-order valence-corrected chi connectivity index (χ4v) is 2.83. The maximum Gasteiger partial charge on any atom is 0.138 e. The van der Waals surface area contributed by atoms with Crippen molar-refractivity contribution in [2.75, 3.05) is 25.1 Å². The SMILES string of the molecule is CN(CCCCCO)c1nc2c(cc1C(N)=S)CCC2. The topological polar surface area (TPSA) is 62.4 Å². The second-order valence-corrected chi connectivity index (χ2v) is 5.83. The summed E-state index contributed by atoms with van der Waals surface area (Å²) in [4.78, 5) is 7.33. The molecule has 0 radical (unpaired) electrons. The van der Waals surface area contributed by atoms with Crippen LogP contribution in [0, 0.1) is 0 Å². The van der Waals surface area contributed by atoms with Crippen LogP contribution in [0.2, 0.25) is 0 Å². The third kappa shape index (κ3) is 3.46. The number of unbranched alkanes of at least 4 members (excludes halogenated alkanes) is 2. The van der Waals surface area contributed by atoms with Crippen LogP contribution in [-0.2, 0) is 12.8 Å². The molecular formula is C15H23N3OS. The van der Waals surface area contributed by atoms with Crippen molar-refractivity contribution in [3.8, 4) is 0 Å². The standard InChI is InChI=1S/C15H23N3OS/c1-18(8-3-2-4-9-19)15-12(14(16)20)10-11-6-5-7-13(11)17-15/h10,19H,2-9H2,1H3,(H2,16,20). The minimum atomic E-state index is 0.263. The first kappa shape index (κ1) is 15.2. The average molecular weight is 293 g/mol. The fourth-order valence-electron chi connectivity index (χ4n) is 2.68. The van der Waals surface area contributed by atoms with Crippen molar-refractivity contribution >= 4 is 23.0 Å². The first-order valence-corrected chi connectivity index (χ1v) is 7.69. The number of thiocarbonyl (C=S) groups is 1. The van der Waals surface area contributed by atoms with Gasteiger partial charge in [0.25, 0.3) is 0 Å². The van der Waals surface area contributed by atoms with Crippen molar-refractivity contribution < 1.29 is 5.11 Å². The average Bonchev–Trinajstić information content (AvgIpc) is 2.89.